The van der Waals surface area contributed by atoms with Crippen LogP contribution in [-0.2, 0) is 19.9 Å². The number of hydrogen-bond donors (Lipinski definition) is 2. The van der Waals surface area contributed by atoms with Gasteiger partial charge in [0.2, 0.25) is 0 Å². The average molecular weight is 237 g/mol. The van der Waals surface area contributed by atoms with E-state index >= 15 is 0 Å². The van der Waals surface area contributed by atoms with Gasteiger partial charge in [0.25, 0.3) is 0 Å². The Bertz CT molecular complexity index is 380. The first-order chi connectivity index (χ1) is 8.19. The molecule has 1 aliphatic rings. The highest BCUT2D eigenvalue weighted by Crippen LogP contribution is 2.29. The molecule has 2 atom stereocenters. The first-order valence-electron chi connectivity index (χ1n) is 6.65. The van der Waals surface area contributed by atoms with Crippen LogP contribution in [0.15, 0.2) is 0 Å². The largest absolute Gasteiger partial charge is 0.387 e. The van der Waals surface area contributed by atoms with E-state index in [2.05, 4.69) is 24.3 Å². The Morgan fingerprint density at radius 3 is 2.76 bits per heavy atom. The van der Waals surface area contributed by atoms with Crippen LogP contribution in [0, 0.1) is 0 Å². The second kappa shape index (κ2) is 5.19. The summed E-state index contributed by atoms with van der Waals surface area (Å²) in [5.74, 6) is 0. The summed E-state index contributed by atoms with van der Waals surface area (Å²) in [4.78, 5) is 0. The summed E-state index contributed by atoms with van der Waals surface area (Å²) in [6.45, 7) is 5.24. The van der Waals surface area contributed by atoms with Crippen LogP contribution >= 0.6 is 0 Å². The third kappa shape index (κ3) is 2.24. The zero-order valence-corrected chi connectivity index (χ0v) is 11.0. The van der Waals surface area contributed by atoms with E-state index in [9.17, 15) is 5.11 Å². The van der Waals surface area contributed by atoms with Crippen LogP contribution in [-0.4, -0.2) is 27.5 Å². The van der Waals surface area contributed by atoms with E-state index in [1.165, 1.54) is 5.69 Å². The van der Waals surface area contributed by atoms with Gasteiger partial charge in [-0.25, -0.2) is 0 Å². The molecule has 0 amide bonds. The van der Waals surface area contributed by atoms with Gasteiger partial charge >= 0.3 is 0 Å². The molecular weight excluding hydrogens is 214 g/mol. The second-order valence-corrected chi connectivity index (χ2v) is 4.79. The van der Waals surface area contributed by atoms with Crippen LogP contribution in [0.1, 0.15) is 49.7 Å². The van der Waals surface area contributed by atoms with Crippen molar-refractivity contribution in [2.45, 2.75) is 51.7 Å². The standard InChI is InChI=1S/C13H23N3O/c1-4-9-12(11(5-2)16(3)15-9)13(17)10-7-6-8-14-10/h10,13-14,17H,4-8H2,1-3H3. The van der Waals surface area contributed by atoms with E-state index < -0.39 is 6.10 Å². The fourth-order valence-corrected chi connectivity index (χ4v) is 2.84. The first-order valence-corrected chi connectivity index (χ1v) is 6.65. The van der Waals surface area contributed by atoms with E-state index in [4.69, 9.17) is 0 Å². The fourth-order valence-electron chi connectivity index (χ4n) is 2.84. The van der Waals surface area contributed by atoms with E-state index in [1.807, 2.05) is 11.7 Å². The highest BCUT2D eigenvalue weighted by molar-refractivity contribution is 5.30. The molecule has 0 radical (unpaired) electrons. The third-order valence-electron chi connectivity index (χ3n) is 3.73. The lowest BCUT2D eigenvalue weighted by atomic mass is 9.97. The predicted octanol–water partition coefficient (Wildman–Crippen LogP) is 1.33. The number of aliphatic hydroxyl groups is 1. The smallest absolute Gasteiger partial charge is 0.0978 e. The normalized spacial score (nSPS) is 22.0. The second-order valence-electron chi connectivity index (χ2n) is 4.79. The van der Waals surface area contributed by atoms with Crippen LogP contribution in [0.25, 0.3) is 0 Å². The molecule has 1 aromatic rings. The minimum absolute atomic E-state index is 0.204. The number of nitrogens with one attached hydrogen (secondary N) is 1. The summed E-state index contributed by atoms with van der Waals surface area (Å²) in [7, 11) is 1.97. The molecule has 2 N–H and O–H groups in total. The van der Waals surface area contributed by atoms with Crippen LogP contribution in [0.2, 0.25) is 0 Å². The van der Waals surface area contributed by atoms with Crippen molar-refractivity contribution >= 4 is 0 Å². The molecular formula is C13H23N3O. The number of aliphatic hydroxyl groups excluding tert-OH is 1. The van der Waals surface area contributed by atoms with Crippen molar-refractivity contribution in [2.75, 3.05) is 6.54 Å². The number of rotatable bonds is 4. The summed E-state index contributed by atoms with van der Waals surface area (Å²) in [5.41, 5.74) is 3.28. The minimum Gasteiger partial charge on any atom is -0.387 e. The zero-order valence-electron chi connectivity index (χ0n) is 11.0. The Morgan fingerprint density at radius 1 is 1.47 bits per heavy atom. The van der Waals surface area contributed by atoms with Gasteiger partial charge in [-0.05, 0) is 32.2 Å². The Kier molecular flexibility index (Phi) is 3.84. The Hall–Kier alpha value is -0.870. The van der Waals surface area contributed by atoms with Gasteiger partial charge in [-0.2, -0.15) is 5.10 Å². The highest BCUT2D eigenvalue weighted by atomic mass is 16.3. The molecule has 4 heteroatoms. The number of aromatic nitrogens is 2. The molecule has 2 rings (SSSR count). The van der Waals surface area contributed by atoms with Crippen molar-refractivity contribution in [2.24, 2.45) is 7.05 Å². The summed E-state index contributed by atoms with van der Waals surface area (Å²) in [5, 5.41) is 18.4. The summed E-state index contributed by atoms with van der Waals surface area (Å²) in [6, 6.07) is 0.204. The molecule has 1 saturated heterocycles. The van der Waals surface area contributed by atoms with Crippen molar-refractivity contribution in [3.05, 3.63) is 17.0 Å². The summed E-state index contributed by atoms with van der Waals surface area (Å²) in [6.07, 6.45) is 3.61. The monoisotopic (exact) mass is 237 g/mol. The number of aryl methyl sites for hydroxylation is 2. The molecule has 1 aromatic heterocycles. The molecule has 1 fully saturated rings. The van der Waals surface area contributed by atoms with Gasteiger partial charge in [0.05, 0.1) is 11.8 Å². The van der Waals surface area contributed by atoms with Crippen LogP contribution < -0.4 is 5.32 Å². The van der Waals surface area contributed by atoms with E-state index in [1.54, 1.807) is 0 Å². The maximum Gasteiger partial charge on any atom is 0.0978 e. The van der Waals surface area contributed by atoms with Crippen LogP contribution in [0.5, 0.6) is 0 Å². The van der Waals surface area contributed by atoms with Crippen molar-refractivity contribution in [3.8, 4) is 0 Å². The summed E-state index contributed by atoms with van der Waals surface area (Å²) >= 11 is 0. The van der Waals surface area contributed by atoms with Gasteiger partial charge in [-0.3, -0.25) is 4.68 Å². The third-order valence-corrected chi connectivity index (χ3v) is 3.73. The lowest BCUT2D eigenvalue weighted by Gasteiger charge is -2.19. The summed E-state index contributed by atoms with van der Waals surface area (Å²) < 4.78 is 1.92. The lowest BCUT2D eigenvalue weighted by molar-refractivity contribution is 0.135. The van der Waals surface area contributed by atoms with Crippen LogP contribution in [0.4, 0.5) is 0 Å². The van der Waals surface area contributed by atoms with E-state index in [0.29, 0.717) is 0 Å². The first kappa shape index (κ1) is 12.6. The fraction of sp³-hybridized carbons (Fsp3) is 0.769. The maximum absolute atomic E-state index is 10.5. The average Bonchev–Trinajstić information content (AvgIpc) is 2.94. The predicted molar refractivity (Wildman–Crippen MR) is 67.9 cm³/mol. The molecule has 96 valence electrons. The van der Waals surface area contributed by atoms with Gasteiger partial charge in [0.1, 0.15) is 0 Å². The molecule has 1 aliphatic heterocycles. The quantitative estimate of drug-likeness (QED) is 0.830. The molecule has 17 heavy (non-hydrogen) atoms. The molecule has 0 spiro atoms. The molecule has 4 nitrogen and oxygen atoms in total. The molecule has 2 unspecified atom stereocenters. The van der Waals surface area contributed by atoms with Gasteiger partial charge < -0.3 is 10.4 Å². The molecule has 2 heterocycles. The Labute approximate surface area is 103 Å². The van der Waals surface area contributed by atoms with E-state index in [-0.39, 0.29) is 6.04 Å². The van der Waals surface area contributed by atoms with Gasteiger partial charge in [-0.1, -0.05) is 13.8 Å². The zero-order chi connectivity index (χ0) is 12.4. The molecule has 0 aliphatic carbocycles. The van der Waals surface area contributed by atoms with Gasteiger partial charge in [-0.15, -0.1) is 0 Å². The van der Waals surface area contributed by atoms with Gasteiger partial charge in [0, 0.05) is 24.3 Å². The highest BCUT2D eigenvalue weighted by Gasteiger charge is 2.29. The van der Waals surface area contributed by atoms with Crippen molar-refractivity contribution in [1.29, 1.82) is 0 Å². The molecule has 0 bridgehead atoms. The maximum atomic E-state index is 10.5. The number of nitrogens with zero attached hydrogens (tertiary/aromatic N) is 2. The van der Waals surface area contributed by atoms with Crippen molar-refractivity contribution < 1.29 is 5.11 Å². The van der Waals surface area contributed by atoms with E-state index in [0.717, 1.165) is 43.5 Å². The topological polar surface area (TPSA) is 50.1 Å². The minimum atomic E-state index is -0.406. The Balaban J connectivity index is 2.34. The number of hydrogen-bond acceptors (Lipinski definition) is 3. The Morgan fingerprint density at radius 2 is 2.24 bits per heavy atom. The lowest BCUT2D eigenvalue weighted by Crippen LogP contribution is -2.29. The van der Waals surface area contributed by atoms with Crippen molar-refractivity contribution in [1.82, 2.24) is 15.1 Å². The van der Waals surface area contributed by atoms with Crippen LogP contribution in [0.3, 0.4) is 0 Å². The molecule has 0 saturated carbocycles. The van der Waals surface area contributed by atoms with Gasteiger partial charge in [0.15, 0.2) is 0 Å². The molecule has 0 aromatic carbocycles. The SMILES string of the molecule is CCc1nn(C)c(CC)c1C(O)C1CCCN1. The van der Waals surface area contributed by atoms with Crippen molar-refractivity contribution in [3.63, 3.8) is 0 Å².